The predicted octanol–water partition coefficient (Wildman–Crippen LogP) is 4.08. The molecule has 0 saturated heterocycles. The number of aromatic nitrogens is 2. The minimum Gasteiger partial charge on any atom is -0.381 e. The van der Waals surface area contributed by atoms with E-state index in [4.69, 9.17) is 16.3 Å². The third kappa shape index (κ3) is 3.64. The zero-order valence-corrected chi connectivity index (χ0v) is 16.8. The smallest absolute Gasteiger partial charge is 0.330 e. The maximum atomic E-state index is 12.9. The van der Waals surface area contributed by atoms with Gasteiger partial charge in [-0.2, -0.15) is 4.98 Å². The molecule has 2 heterocycles. The number of rotatable bonds is 4. The van der Waals surface area contributed by atoms with E-state index in [0.29, 0.717) is 41.2 Å². The van der Waals surface area contributed by atoms with Gasteiger partial charge in [-0.05, 0) is 37.8 Å². The summed E-state index contributed by atoms with van der Waals surface area (Å²) in [4.78, 5) is 25.2. The summed E-state index contributed by atoms with van der Waals surface area (Å²) in [5.41, 5.74) is 1.57. The zero-order valence-electron chi connectivity index (χ0n) is 16.1. The van der Waals surface area contributed by atoms with Crippen molar-refractivity contribution in [1.29, 1.82) is 0 Å². The molecule has 2 amide bonds. The molecule has 0 atom stereocenters. The van der Waals surface area contributed by atoms with Crippen molar-refractivity contribution < 1.29 is 9.53 Å². The van der Waals surface area contributed by atoms with Crippen molar-refractivity contribution in [3.8, 4) is 0 Å². The molecule has 7 nitrogen and oxygen atoms in total. The number of carbonyl (C=O) groups is 1. The second-order valence-corrected chi connectivity index (χ2v) is 7.68. The molecule has 0 unspecified atom stereocenters. The van der Waals surface area contributed by atoms with E-state index in [1.807, 2.05) is 18.2 Å². The predicted molar refractivity (Wildman–Crippen MR) is 110 cm³/mol. The fourth-order valence-electron chi connectivity index (χ4n) is 3.86. The molecular formula is C20H24ClN5O2. The van der Waals surface area contributed by atoms with Crippen molar-refractivity contribution in [1.82, 2.24) is 9.97 Å². The number of anilines is 3. The number of methoxy groups -OCH3 is 1. The zero-order chi connectivity index (χ0) is 19.7. The molecule has 28 heavy (non-hydrogen) atoms. The maximum absolute atomic E-state index is 12.9. The van der Waals surface area contributed by atoms with Gasteiger partial charge in [-0.15, -0.1) is 0 Å². The van der Waals surface area contributed by atoms with Crippen LogP contribution in [-0.4, -0.2) is 42.3 Å². The fraction of sp³-hybridized carbons (Fsp3) is 0.450. The Kier molecular flexibility index (Phi) is 5.37. The Morgan fingerprint density at radius 2 is 1.96 bits per heavy atom. The monoisotopic (exact) mass is 401 g/mol. The van der Waals surface area contributed by atoms with Gasteiger partial charge in [-0.25, -0.2) is 9.78 Å². The van der Waals surface area contributed by atoms with Crippen molar-refractivity contribution in [2.75, 3.05) is 29.3 Å². The van der Waals surface area contributed by atoms with Gasteiger partial charge in [0.2, 0.25) is 5.95 Å². The quantitative estimate of drug-likeness (QED) is 0.835. The molecule has 0 bridgehead atoms. The Balaban J connectivity index is 1.52. The van der Waals surface area contributed by atoms with Crippen LogP contribution in [0.25, 0.3) is 0 Å². The van der Waals surface area contributed by atoms with Gasteiger partial charge in [0.15, 0.2) is 0 Å². The number of hydrogen-bond donors (Lipinski definition) is 1. The van der Waals surface area contributed by atoms with E-state index < -0.39 is 0 Å². The summed E-state index contributed by atoms with van der Waals surface area (Å²) >= 11 is 6.29. The van der Waals surface area contributed by atoms with Gasteiger partial charge in [-0.3, -0.25) is 9.80 Å². The molecule has 1 aliphatic carbocycles. The van der Waals surface area contributed by atoms with Crippen molar-refractivity contribution in [2.45, 2.75) is 44.4 Å². The number of nitrogens with one attached hydrogen (secondary N) is 1. The standard InChI is InChI=1S/C20H24ClN5O2/c1-25-18-13(12-26(20(25)27)17-6-4-3-5-16(17)21)11-22-19(24-18)23-14-7-9-15(28-2)10-8-14/h3-6,11,14-15H,7-10,12H2,1-2H3,(H,22,23,24)/t14-,15-. The molecule has 1 aromatic heterocycles. The van der Waals surface area contributed by atoms with E-state index in [1.165, 1.54) is 0 Å². The number of hydrogen-bond acceptors (Lipinski definition) is 5. The Labute approximate surface area is 169 Å². The van der Waals surface area contributed by atoms with Crippen LogP contribution in [0.15, 0.2) is 30.5 Å². The van der Waals surface area contributed by atoms with Crippen molar-refractivity contribution >= 4 is 35.1 Å². The van der Waals surface area contributed by atoms with Crippen LogP contribution in [0.4, 0.5) is 22.2 Å². The highest BCUT2D eigenvalue weighted by Crippen LogP contribution is 2.33. The second-order valence-electron chi connectivity index (χ2n) is 7.28. The van der Waals surface area contributed by atoms with Gasteiger partial charge in [0, 0.05) is 32.0 Å². The molecule has 0 spiro atoms. The molecule has 1 aromatic carbocycles. The van der Waals surface area contributed by atoms with E-state index in [1.54, 1.807) is 36.2 Å². The Morgan fingerprint density at radius 3 is 2.68 bits per heavy atom. The van der Waals surface area contributed by atoms with Crippen molar-refractivity contribution in [3.63, 3.8) is 0 Å². The number of para-hydroxylation sites is 1. The average molecular weight is 402 g/mol. The first-order valence-electron chi connectivity index (χ1n) is 9.52. The van der Waals surface area contributed by atoms with Gasteiger partial charge < -0.3 is 10.1 Å². The van der Waals surface area contributed by atoms with Crippen LogP contribution in [0, 0.1) is 0 Å². The summed E-state index contributed by atoms with van der Waals surface area (Å²) in [6.07, 6.45) is 6.25. The van der Waals surface area contributed by atoms with Crippen molar-refractivity contribution in [3.05, 3.63) is 41.0 Å². The number of carbonyl (C=O) groups excluding carboxylic acids is 1. The number of nitrogens with zero attached hydrogens (tertiary/aromatic N) is 4. The maximum Gasteiger partial charge on any atom is 0.330 e. The summed E-state index contributed by atoms with van der Waals surface area (Å²) in [6.45, 7) is 0.390. The summed E-state index contributed by atoms with van der Waals surface area (Å²) in [5, 5.41) is 3.95. The van der Waals surface area contributed by atoms with Crippen LogP contribution in [0.5, 0.6) is 0 Å². The highest BCUT2D eigenvalue weighted by Gasteiger charge is 2.32. The van der Waals surface area contributed by atoms with Crippen LogP contribution in [-0.2, 0) is 11.3 Å². The minimum absolute atomic E-state index is 0.161. The molecule has 0 radical (unpaired) electrons. The summed E-state index contributed by atoms with van der Waals surface area (Å²) in [6, 6.07) is 7.50. The van der Waals surface area contributed by atoms with Crippen LogP contribution in [0.3, 0.4) is 0 Å². The number of halogens is 1. The highest BCUT2D eigenvalue weighted by molar-refractivity contribution is 6.34. The van der Waals surface area contributed by atoms with Gasteiger partial charge in [-0.1, -0.05) is 23.7 Å². The number of amides is 2. The first-order valence-corrected chi connectivity index (χ1v) is 9.89. The van der Waals surface area contributed by atoms with Gasteiger partial charge >= 0.3 is 6.03 Å². The summed E-state index contributed by atoms with van der Waals surface area (Å²) in [7, 11) is 3.49. The van der Waals surface area contributed by atoms with Crippen LogP contribution in [0.2, 0.25) is 5.02 Å². The third-order valence-corrected chi connectivity index (χ3v) is 5.81. The topological polar surface area (TPSA) is 70.6 Å². The van der Waals surface area contributed by atoms with Gasteiger partial charge in [0.05, 0.1) is 23.4 Å². The SMILES string of the molecule is CO[C@H]1CC[C@H](Nc2ncc3c(n2)N(C)C(=O)N(c2ccccc2Cl)C3)CC1. The lowest BCUT2D eigenvalue weighted by Gasteiger charge is -2.34. The van der Waals surface area contributed by atoms with E-state index in [9.17, 15) is 4.79 Å². The molecule has 2 aromatic rings. The van der Waals surface area contributed by atoms with Crippen molar-refractivity contribution in [2.24, 2.45) is 0 Å². The van der Waals surface area contributed by atoms with Gasteiger partial charge in [0.25, 0.3) is 0 Å². The third-order valence-electron chi connectivity index (χ3n) is 5.49. The Hall–Kier alpha value is -2.38. The number of urea groups is 1. The Bertz CT molecular complexity index is 869. The Morgan fingerprint density at radius 1 is 1.21 bits per heavy atom. The highest BCUT2D eigenvalue weighted by atomic mass is 35.5. The van der Waals surface area contributed by atoms with E-state index in [0.717, 1.165) is 31.2 Å². The summed E-state index contributed by atoms with van der Waals surface area (Å²) in [5.74, 6) is 1.20. The summed E-state index contributed by atoms with van der Waals surface area (Å²) < 4.78 is 5.43. The first kappa shape index (κ1) is 19.0. The number of fused-ring (bicyclic) bond motifs is 1. The second kappa shape index (κ2) is 7.93. The lowest BCUT2D eigenvalue weighted by atomic mass is 9.93. The molecule has 148 valence electrons. The number of benzene rings is 1. The molecule has 1 aliphatic heterocycles. The van der Waals surface area contributed by atoms with E-state index in [-0.39, 0.29) is 6.03 Å². The lowest BCUT2D eigenvalue weighted by molar-refractivity contribution is 0.0681. The average Bonchev–Trinajstić information content (AvgIpc) is 2.72. The number of ether oxygens (including phenoxy) is 1. The van der Waals surface area contributed by atoms with Gasteiger partial charge in [0.1, 0.15) is 5.82 Å². The normalized spacial score (nSPS) is 22.2. The minimum atomic E-state index is -0.161. The molecule has 8 heteroatoms. The first-order chi connectivity index (χ1) is 13.6. The van der Waals surface area contributed by atoms with Crippen LogP contribution in [0.1, 0.15) is 31.2 Å². The van der Waals surface area contributed by atoms with Crippen LogP contribution >= 0.6 is 11.6 Å². The molecular weight excluding hydrogens is 378 g/mol. The molecule has 4 rings (SSSR count). The molecule has 2 aliphatic rings. The lowest BCUT2D eigenvalue weighted by Crippen LogP contribution is -2.46. The molecule has 1 fully saturated rings. The van der Waals surface area contributed by atoms with E-state index >= 15 is 0 Å². The van der Waals surface area contributed by atoms with Crippen LogP contribution < -0.4 is 15.1 Å². The fourth-order valence-corrected chi connectivity index (χ4v) is 4.10. The van der Waals surface area contributed by atoms with E-state index in [2.05, 4.69) is 15.3 Å². The largest absolute Gasteiger partial charge is 0.381 e. The molecule has 1 saturated carbocycles. The molecule has 1 N–H and O–H groups in total.